The lowest BCUT2D eigenvalue weighted by Crippen LogP contribution is -2.46. The van der Waals surface area contributed by atoms with Gasteiger partial charge in [0.05, 0.1) is 11.8 Å². The summed E-state index contributed by atoms with van der Waals surface area (Å²) in [5, 5.41) is 15.6. The summed E-state index contributed by atoms with van der Waals surface area (Å²) in [6, 6.07) is 0. The van der Waals surface area contributed by atoms with Crippen molar-refractivity contribution in [1.29, 1.82) is 0 Å². The van der Waals surface area contributed by atoms with Gasteiger partial charge in [0.2, 0.25) is 0 Å². The fourth-order valence-corrected chi connectivity index (χ4v) is 3.74. The highest BCUT2D eigenvalue weighted by Gasteiger charge is 2.21. The van der Waals surface area contributed by atoms with Crippen LogP contribution < -0.4 is 9.80 Å². The van der Waals surface area contributed by atoms with Crippen molar-refractivity contribution in [2.45, 2.75) is 13.0 Å². The lowest BCUT2D eigenvalue weighted by molar-refractivity contribution is 0.195. The van der Waals surface area contributed by atoms with Gasteiger partial charge in [-0.25, -0.2) is 9.97 Å². The zero-order valence-corrected chi connectivity index (χ0v) is 12.3. The molecule has 0 amide bonds. The summed E-state index contributed by atoms with van der Waals surface area (Å²) in [7, 11) is 0. The Bertz CT molecular complexity index is 518. The Morgan fingerprint density at radius 2 is 1.84 bits per heavy atom. The van der Waals surface area contributed by atoms with Crippen LogP contribution >= 0.6 is 22.7 Å². The largest absolute Gasteiger partial charge is 0.387 e. The molecule has 1 atom stereocenters. The minimum absolute atomic E-state index is 0.485. The molecule has 7 heteroatoms. The van der Waals surface area contributed by atoms with Gasteiger partial charge in [0.15, 0.2) is 10.3 Å². The lowest BCUT2D eigenvalue weighted by atomic mass is 10.3. The van der Waals surface area contributed by atoms with Crippen LogP contribution in [0.4, 0.5) is 10.3 Å². The first-order valence-corrected chi connectivity index (χ1v) is 8.03. The summed E-state index contributed by atoms with van der Waals surface area (Å²) in [6.45, 7) is 5.59. The molecular weight excluding hydrogens is 280 g/mol. The summed E-state index contributed by atoms with van der Waals surface area (Å²) in [4.78, 5) is 13.4. The summed E-state index contributed by atoms with van der Waals surface area (Å²) in [6.07, 6.45) is 1.36. The van der Waals surface area contributed by atoms with Crippen LogP contribution in [0.2, 0.25) is 0 Å². The highest BCUT2D eigenvalue weighted by atomic mass is 32.1. The molecule has 102 valence electrons. The Kier molecular flexibility index (Phi) is 3.67. The number of aliphatic hydroxyl groups is 1. The number of rotatable bonds is 3. The van der Waals surface area contributed by atoms with Crippen LogP contribution in [0.15, 0.2) is 17.0 Å². The third-order valence-corrected chi connectivity index (χ3v) is 4.93. The van der Waals surface area contributed by atoms with E-state index in [1.165, 1.54) is 0 Å². The van der Waals surface area contributed by atoms with Crippen molar-refractivity contribution >= 4 is 32.9 Å². The van der Waals surface area contributed by atoms with Gasteiger partial charge in [0, 0.05) is 43.1 Å². The molecule has 1 aliphatic heterocycles. The standard InChI is InChI=1S/C12H16N4OS2/c1-9(17)10-8-19-12(14-10)16-5-3-15(4-6-16)11-13-2-7-18-11/h2,7-9,17H,3-6H2,1H3. The molecule has 2 aromatic heterocycles. The molecule has 1 unspecified atom stereocenters. The van der Waals surface area contributed by atoms with Crippen molar-refractivity contribution < 1.29 is 5.11 Å². The number of aromatic nitrogens is 2. The molecule has 0 bridgehead atoms. The molecule has 0 aromatic carbocycles. The van der Waals surface area contributed by atoms with Gasteiger partial charge in [-0.3, -0.25) is 0 Å². The first kappa shape index (κ1) is 12.8. The SMILES string of the molecule is CC(O)c1csc(N2CCN(c3nccs3)CC2)n1. The van der Waals surface area contributed by atoms with Gasteiger partial charge in [0.1, 0.15) is 0 Å². The Hall–Kier alpha value is -1.18. The fraction of sp³-hybridized carbons (Fsp3) is 0.500. The van der Waals surface area contributed by atoms with E-state index in [1.807, 2.05) is 17.0 Å². The molecule has 3 rings (SSSR count). The first-order chi connectivity index (χ1) is 9.24. The van der Waals surface area contributed by atoms with Crippen molar-refractivity contribution in [3.8, 4) is 0 Å². The molecule has 1 aliphatic rings. The van der Waals surface area contributed by atoms with Crippen LogP contribution in [0, 0.1) is 0 Å². The Morgan fingerprint density at radius 3 is 2.37 bits per heavy atom. The lowest BCUT2D eigenvalue weighted by Gasteiger charge is -2.34. The summed E-state index contributed by atoms with van der Waals surface area (Å²) in [5.74, 6) is 0. The van der Waals surface area contributed by atoms with E-state index in [9.17, 15) is 5.11 Å². The van der Waals surface area contributed by atoms with Gasteiger partial charge >= 0.3 is 0 Å². The molecule has 1 N–H and O–H groups in total. The molecule has 0 spiro atoms. The summed E-state index contributed by atoms with van der Waals surface area (Å²) < 4.78 is 0. The van der Waals surface area contributed by atoms with Crippen LogP contribution in [-0.2, 0) is 0 Å². The number of piperazine rings is 1. The molecule has 3 heterocycles. The quantitative estimate of drug-likeness (QED) is 0.938. The molecule has 1 fully saturated rings. The van der Waals surface area contributed by atoms with E-state index in [2.05, 4.69) is 19.8 Å². The molecular formula is C12H16N4OS2. The van der Waals surface area contributed by atoms with E-state index in [4.69, 9.17) is 0 Å². The smallest absolute Gasteiger partial charge is 0.185 e. The van der Waals surface area contributed by atoms with Crippen LogP contribution in [0.5, 0.6) is 0 Å². The van der Waals surface area contributed by atoms with Crippen molar-refractivity contribution in [3.63, 3.8) is 0 Å². The number of anilines is 2. The first-order valence-electron chi connectivity index (χ1n) is 6.27. The van der Waals surface area contributed by atoms with Crippen molar-refractivity contribution in [2.24, 2.45) is 0 Å². The Labute approximate surface area is 120 Å². The van der Waals surface area contributed by atoms with Crippen molar-refractivity contribution in [1.82, 2.24) is 9.97 Å². The second-order valence-corrected chi connectivity index (χ2v) is 6.23. The van der Waals surface area contributed by atoms with E-state index in [0.29, 0.717) is 0 Å². The predicted molar refractivity (Wildman–Crippen MR) is 79.3 cm³/mol. The van der Waals surface area contributed by atoms with Crippen molar-refractivity contribution in [3.05, 3.63) is 22.7 Å². The van der Waals surface area contributed by atoms with E-state index >= 15 is 0 Å². The number of aliphatic hydroxyl groups excluding tert-OH is 1. The Morgan fingerprint density at radius 1 is 1.16 bits per heavy atom. The highest BCUT2D eigenvalue weighted by Crippen LogP contribution is 2.26. The average Bonchev–Trinajstić information content (AvgIpc) is 3.11. The van der Waals surface area contributed by atoms with E-state index in [-0.39, 0.29) is 0 Å². The van der Waals surface area contributed by atoms with Gasteiger partial charge in [-0.2, -0.15) is 0 Å². The second kappa shape index (κ2) is 5.44. The molecule has 2 aromatic rings. The van der Waals surface area contributed by atoms with Crippen LogP contribution in [-0.4, -0.2) is 41.3 Å². The minimum Gasteiger partial charge on any atom is -0.387 e. The normalized spacial score (nSPS) is 17.8. The van der Waals surface area contributed by atoms with Crippen molar-refractivity contribution in [2.75, 3.05) is 36.0 Å². The van der Waals surface area contributed by atoms with Gasteiger partial charge in [-0.1, -0.05) is 0 Å². The summed E-state index contributed by atoms with van der Waals surface area (Å²) in [5.41, 5.74) is 0.766. The van der Waals surface area contributed by atoms with E-state index < -0.39 is 6.10 Å². The average molecular weight is 296 g/mol. The number of thiazole rings is 2. The molecule has 0 aliphatic carbocycles. The molecule has 19 heavy (non-hydrogen) atoms. The van der Waals surface area contributed by atoms with Gasteiger partial charge in [0.25, 0.3) is 0 Å². The minimum atomic E-state index is -0.485. The van der Waals surface area contributed by atoms with E-state index in [1.54, 1.807) is 29.6 Å². The highest BCUT2D eigenvalue weighted by molar-refractivity contribution is 7.14. The second-order valence-electron chi connectivity index (χ2n) is 4.52. The summed E-state index contributed by atoms with van der Waals surface area (Å²) >= 11 is 3.29. The van der Waals surface area contributed by atoms with Gasteiger partial charge < -0.3 is 14.9 Å². The maximum Gasteiger partial charge on any atom is 0.185 e. The van der Waals surface area contributed by atoms with E-state index in [0.717, 1.165) is 42.1 Å². The predicted octanol–water partition coefficient (Wildman–Crippen LogP) is 1.98. The topological polar surface area (TPSA) is 52.5 Å². The molecule has 1 saturated heterocycles. The molecule has 5 nitrogen and oxygen atoms in total. The maximum atomic E-state index is 9.51. The fourth-order valence-electron chi connectivity index (χ4n) is 2.07. The third kappa shape index (κ3) is 2.72. The van der Waals surface area contributed by atoms with Crippen LogP contribution in [0.1, 0.15) is 18.7 Å². The molecule has 0 radical (unpaired) electrons. The maximum absolute atomic E-state index is 9.51. The molecule has 0 saturated carbocycles. The van der Waals surface area contributed by atoms with Gasteiger partial charge in [-0.15, -0.1) is 22.7 Å². The monoisotopic (exact) mass is 296 g/mol. The zero-order chi connectivity index (χ0) is 13.2. The van der Waals surface area contributed by atoms with Gasteiger partial charge in [-0.05, 0) is 6.92 Å². The number of hydrogen-bond donors (Lipinski definition) is 1. The van der Waals surface area contributed by atoms with Crippen LogP contribution in [0.3, 0.4) is 0 Å². The Balaban J connectivity index is 1.63. The van der Waals surface area contributed by atoms with Crippen LogP contribution in [0.25, 0.3) is 0 Å². The third-order valence-electron chi connectivity index (χ3n) is 3.18. The number of nitrogens with zero attached hydrogens (tertiary/aromatic N) is 4. The number of hydrogen-bond acceptors (Lipinski definition) is 7. The zero-order valence-electron chi connectivity index (χ0n) is 10.7.